The van der Waals surface area contributed by atoms with Crippen molar-refractivity contribution in [3.8, 4) is 11.1 Å². The number of alkyl carbamates (subject to hydrolysis) is 1. The summed E-state index contributed by atoms with van der Waals surface area (Å²) < 4.78 is 18.3. The topological polar surface area (TPSA) is 129 Å². The average Bonchev–Trinajstić information content (AvgIpc) is 3.67. The number of hydrogen-bond donors (Lipinski definition) is 1. The van der Waals surface area contributed by atoms with Gasteiger partial charge in [-0.1, -0.05) is 78.9 Å². The number of aromatic nitrogens is 2. The van der Waals surface area contributed by atoms with Crippen LogP contribution >= 0.6 is 0 Å². The molecule has 0 aliphatic heterocycles. The third-order valence-electron chi connectivity index (χ3n) is 8.35. The molecule has 51 heavy (non-hydrogen) atoms. The Morgan fingerprint density at radius 1 is 0.882 bits per heavy atom. The molecule has 0 spiro atoms. The Bertz CT molecular complexity index is 1830. The van der Waals surface area contributed by atoms with Crippen LogP contribution in [-0.4, -0.2) is 78.2 Å². The van der Waals surface area contributed by atoms with E-state index in [-0.39, 0.29) is 25.4 Å². The number of amides is 2. The van der Waals surface area contributed by atoms with E-state index in [9.17, 15) is 19.2 Å². The fourth-order valence-electron chi connectivity index (χ4n) is 6.06. The molecule has 1 aliphatic rings. The highest BCUT2D eigenvalue weighted by Crippen LogP contribution is 2.44. The third kappa shape index (κ3) is 9.51. The standard InChI is InChI=1S/C39H46N4O7Si/c1-39(2,3)49-38(47)43-23-27(40-25-43)22-33(35(44)42(4)34(36(45)50-51(5,6)7)21-26-15-9-8-10-16-26)41-37(46)48-24-32-30-19-13-11-17-28(30)29-18-12-14-20-31(29)32/h8-20,23,25,32-34H,21-22,24H2,1-7H3,(H,41,46)/t33-,34-/m0/s1. The van der Waals surface area contributed by atoms with Crippen LogP contribution in [0.25, 0.3) is 11.1 Å². The number of ether oxygens (including phenoxy) is 2. The Morgan fingerprint density at radius 2 is 1.47 bits per heavy atom. The van der Waals surface area contributed by atoms with Crippen molar-refractivity contribution in [3.05, 3.63) is 114 Å². The van der Waals surface area contributed by atoms with Gasteiger partial charge < -0.3 is 24.1 Å². The van der Waals surface area contributed by atoms with Crippen molar-refractivity contribution >= 4 is 32.4 Å². The fraction of sp³-hybridized carbons (Fsp3) is 0.359. The van der Waals surface area contributed by atoms with Crippen LogP contribution < -0.4 is 5.32 Å². The van der Waals surface area contributed by atoms with Crippen LogP contribution in [0.2, 0.25) is 19.6 Å². The lowest BCUT2D eigenvalue weighted by Crippen LogP contribution is -2.55. The van der Waals surface area contributed by atoms with E-state index < -0.39 is 50.1 Å². The Hall–Kier alpha value is -5.23. The van der Waals surface area contributed by atoms with E-state index in [2.05, 4.69) is 10.3 Å². The summed E-state index contributed by atoms with van der Waals surface area (Å²) in [6, 6.07) is 23.2. The summed E-state index contributed by atoms with van der Waals surface area (Å²) in [6.45, 7) is 11.0. The van der Waals surface area contributed by atoms with Gasteiger partial charge in [0.05, 0.1) is 5.69 Å². The summed E-state index contributed by atoms with van der Waals surface area (Å²) in [4.78, 5) is 59.8. The molecule has 1 N–H and O–H groups in total. The minimum Gasteiger partial charge on any atom is -0.518 e. The summed E-state index contributed by atoms with van der Waals surface area (Å²) >= 11 is 0. The quantitative estimate of drug-likeness (QED) is 0.173. The van der Waals surface area contributed by atoms with Gasteiger partial charge in [-0.25, -0.2) is 19.1 Å². The van der Waals surface area contributed by atoms with Gasteiger partial charge in [0.2, 0.25) is 14.2 Å². The Labute approximate surface area is 300 Å². The Balaban J connectivity index is 1.39. The van der Waals surface area contributed by atoms with E-state index in [0.29, 0.717) is 5.69 Å². The van der Waals surface area contributed by atoms with Crippen LogP contribution in [0.15, 0.2) is 91.4 Å². The van der Waals surface area contributed by atoms with Crippen molar-refractivity contribution < 1.29 is 33.1 Å². The highest BCUT2D eigenvalue weighted by molar-refractivity contribution is 6.71. The SMILES string of the molecule is CN(C(=O)[C@H](Cc1cn(C(=O)OC(C)(C)C)cn1)NC(=O)OCC1c2ccccc2-c2ccccc21)[C@@H](Cc1ccccc1)C(=O)O[Si](C)(C)C. The third-order valence-corrected chi connectivity index (χ3v) is 9.17. The number of carbonyl (C=O) groups is 4. The fourth-order valence-corrected chi connectivity index (χ4v) is 6.80. The van der Waals surface area contributed by atoms with Gasteiger partial charge in [0.1, 0.15) is 30.6 Å². The molecule has 5 rings (SSSR count). The summed E-state index contributed by atoms with van der Waals surface area (Å²) in [6.07, 6.45) is 1.42. The Kier molecular flexibility index (Phi) is 11.1. The first kappa shape index (κ1) is 37.0. The molecule has 3 aromatic carbocycles. The van der Waals surface area contributed by atoms with Crippen LogP contribution in [-0.2, 0) is 36.3 Å². The summed E-state index contributed by atoms with van der Waals surface area (Å²) in [5.74, 6) is -1.26. The molecule has 0 radical (unpaired) electrons. The lowest BCUT2D eigenvalue weighted by molar-refractivity contribution is -0.148. The normalized spacial score (nSPS) is 13.7. The monoisotopic (exact) mass is 710 g/mol. The summed E-state index contributed by atoms with van der Waals surface area (Å²) in [5.41, 5.74) is 4.74. The van der Waals surface area contributed by atoms with Crippen molar-refractivity contribution in [1.29, 1.82) is 0 Å². The zero-order valence-corrected chi connectivity index (χ0v) is 31.2. The maximum absolute atomic E-state index is 14.3. The molecule has 1 aliphatic carbocycles. The number of likely N-dealkylation sites (N-methyl/N-ethyl adjacent to an activating group) is 1. The first-order chi connectivity index (χ1) is 24.1. The zero-order chi connectivity index (χ0) is 36.9. The summed E-state index contributed by atoms with van der Waals surface area (Å²) in [7, 11) is -0.808. The lowest BCUT2D eigenvalue weighted by atomic mass is 9.98. The van der Waals surface area contributed by atoms with Crippen molar-refractivity contribution in [2.45, 2.75) is 76.9 Å². The van der Waals surface area contributed by atoms with E-state index in [1.54, 1.807) is 20.8 Å². The van der Waals surface area contributed by atoms with Crippen LogP contribution in [0.5, 0.6) is 0 Å². The van der Waals surface area contributed by atoms with E-state index in [4.69, 9.17) is 13.9 Å². The average molecular weight is 711 g/mol. The van der Waals surface area contributed by atoms with Crippen molar-refractivity contribution in [1.82, 2.24) is 19.8 Å². The van der Waals surface area contributed by atoms with Gasteiger partial charge in [0, 0.05) is 32.0 Å². The van der Waals surface area contributed by atoms with Crippen LogP contribution in [0.3, 0.4) is 0 Å². The Morgan fingerprint density at radius 3 is 2.06 bits per heavy atom. The molecule has 0 saturated heterocycles. The van der Waals surface area contributed by atoms with Gasteiger partial charge in [-0.15, -0.1) is 0 Å². The number of carbonyl (C=O) groups excluding carboxylic acids is 4. The summed E-state index contributed by atoms with van der Waals surface area (Å²) in [5, 5.41) is 2.74. The predicted octanol–water partition coefficient (Wildman–Crippen LogP) is 6.56. The first-order valence-corrected chi connectivity index (χ1v) is 20.4. The van der Waals surface area contributed by atoms with Crippen molar-refractivity contribution in [2.75, 3.05) is 13.7 Å². The molecule has 0 bridgehead atoms. The van der Waals surface area contributed by atoms with Crippen molar-refractivity contribution in [2.24, 2.45) is 0 Å². The second kappa shape index (κ2) is 15.3. The van der Waals surface area contributed by atoms with Crippen LogP contribution in [0.4, 0.5) is 9.59 Å². The minimum absolute atomic E-state index is 0.0447. The second-order valence-electron chi connectivity index (χ2n) is 14.7. The van der Waals surface area contributed by atoms with E-state index in [1.165, 1.54) is 29.0 Å². The van der Waals surface area contributed by atoms with Gasteiger partial charge >= 0.3 is 18.2 Å². The van der Waals surface area contributed by atoms with Gasteiger partial charge in [-0.2, -0.15) is 0 Å². The zero-order valence-electron chi connectivity index (χ0n) is 30.2. The molecule has 2 amide bonds. The van der Waals surface area contributed by atoms with E-state index in [1.807, 2.05) is 98.5 Å². The number of rotatable bonds is 11. The first-order valence-electron chi connectivity index (χ1n) is 17.0. The van der Waals surface area contributed by atoms with Gasteiger partial charge in [0.15, 0.2) is 0 Å². The lowest BCUT2D eigenvalue weighted by Gasteiger charge is -2.32. The number of imidazole rings is 1. The molecule has 1 heterocycles. The predicted molar refractivity (Wildman–Crippen MR) is 196 cm³/mol. The molecule has 0 fully saturated rings. The van der Waals surface area contributed by atoms with Gasteiger partial charge in [0.25, 0.3) is 0 Å². The molecule has 11 nitrogen and oxygen atoms in total. The number of fused-ring (bicyclic) bond motifs is 3. The largest absolute Gasteiger partial charge is 0.518 e. The van der Waals surface area contributed by atoms with Crippen molar-refractivity contribution in [3.63, 3.8) is 0 Å². The molecular weight excluding hydrogens is 665 g/mol. The number of benzene rings is 3. The molecular formula is C39H46N4O7Si. The molecule has 1 aromatic heterocycles. The molecule has 268 valence electrons. The van der Waals surface area contributed by atoms with Crippen LogP contribution in [0.1, 0.15) is 49.1 Å². The maximum Gasteiger partial charge on any atom is 0.419 e. The molecule has 4 aromatic rings. The highest BCUT2D eigenvalue weighted by atomic mass is 28.4. The van der Waals surface area contributed by atoms with E-state index >= 15 is 0 Å². The maximum atomic E-state index is 14.3. The molecule has 0 unspecified atom stereocenters. The van der Waals surface area contributed by atoms with E-state index in [0.717, 1.165) is 27.8 Å². The number of nitrogens with zero attached hydrogens (tertiary/aromatic N) is 3. The van der Waals surface area contributed by atoms with Crippen LogP contribution in [0, 0.1) is 0 Å². The molecule has 0 saturated carbocycles. The van der Waals surface area contributed by atoms with Gasteiger partial charge in [-0.05, 0) is 68.2 Å². The minimum atomic E-state index is -2.33. The smallest absolute Gasteiger partial charge is 0.419 e. The number of hydrogen-bond acceptors (Lipinski definition) is 8. The highest BCUT2D eigenvalue weighted by Gasteiger charge is 2.36. The molecule has 12 heteroatoms. The van der Waals surface area contributed by atoms with Gasteiger partial charge in [-0.3, -0.25) is 9.59 Å². The molecule has 2 atom stereocenters. The number of nitrogens with one attached hydrogen (secondary N) is 1. The second-order valence-corrected chi connectivity index (χ2v) is 19.1.